The first-order valence-electron chi connectivity index (χ1n) is 10.6. The summed E-state index contributed by atoms with van der Waals surface area (Å²) in [7, 11) is -0.403. The summed E-state index contributed by atoms with van der Waals surface area (Å²) >= 11 is 5.73. The number of halogens is 4. The Morgan fingerprint density at radius 2 is 1.77 bits per heavy atom. The van der Waals surface area contributed by atoms with Gasteiger partial charge in [-0.05, 0) is 67.9 Å². The molecule has 4 atom stereocenters. The Morgan fingerprint density at radius 3 is 2.20 bits per heavy atom. The Bertz CT molecular complexity index is 802. The smallest absolute Gasteiger partial charge is 0.207 e. The van der Waals surface area contributed by atoms with Crippen LogP contribution in [0, 0.1) is 28.9 Å². The lowest BCUT2D eigenvalue weighted by Crippen LogP contribution is -2.36. The second-order valence-corrected chi connectivity index (χ2v) is 10.6. The number of alkyl halides is 1. The number of carbonyl (C=O) groups is 1. The number of hydrogen-bond donors (Lipinski definition) is 1. The molecule has 5 rings (SSSR count). The average molecular weight is 464 g/mol. The monoisotopic (exact) mass is 463 g/mol. The van der Waals surface area contributed by atoms with Crippen molar-refractivity contribution in [3.8, 4) is 0 Å². The van der Waals surface area contributed by atoms with Gasteiger partial charge in [0.1, 0.15) is 17.3 Å². The van der Waals surface area contributed by atoms with Crippen LogP contribution in [-0.2, 0) is 15.6 Å². The number of hydrogen-bond acceptors (Lipinski definition) is 2. The Morgan fingerprint density at radius 1 is 1.17 bits per heavy atom. The topological polar surface area (TPSA) is 46.2 Å². The largest absolute Gasteiger partial charge is 0.351 e. The van der Waals surface area contributed by atoms with Gasteiger partial charge in [-0.3, -0.25) is 9.00 Å². The lowest BCUT2D eigenvalue weighted by Gasteiger charge is -2.36. The molecule has 8 heteroatoms. The van der Waals surface area contributed by atoms with E-state index < -0.39 is 39.6 Å². The maximum absolute atomic E-state index is 14.4. The van der Waals surface area contributed by atoms with Gasteiger partial charge in [0.05, 0.1) is 11.1 Å². The molecule has 1 aliphatic heterocycles. The Labute approximate surface area is 183 Å². The van der Waals surface area contributed by atoms with Crippen LogP contribution in [0.25, 0.3) is 0 Å². The predicted octanol–water partition coefficient (Wildman–Crippen LogP) is 5.49. The molecule has 2 bridgehead atoms. The second kappa shape index (κ2) is 9.19. The molecule has 3 unspecified atom stereocenters. The van der Waals surface area contributed by atoms with Gasteiger partial charge in [-0.1, -0.05) is 25.4 Å². The third-order valence-corrected chi connectivity index (χ3v) is 8.79. The van der Waals surface area contributed by atoms with Crippen molar-refractivity contribution in [1.29, 1.82) is 0 Å². The van der Waals surface area contributed by atoms with E-state index in [1.807, 2.05) is 13.8 Å². The minimum Gasteiger partial charge on any atom is -0.351 e. The molecular formula is C22H29ClF3NO2S. The summed E-state index contributed by atoms with van der Waals surface area (Å²) in [5, 5.41) is 2.29. The number of fused-ring (bicyclic) bond motifs is 3. The van der Waals surface area contributed by atoms with Crippen LogP contribution in [0.1, 0.15) is 64.0 Å². The van der Waals surface area contributed by atoms with E-state index in [2.05, 4.69) is 5.32 Å². The minimum atomic E-state index is -1.27. The third-order valence-electron chi connectivity index (χ3n) is 6.89. The van der Waals surface area contributed by atoms with Gasteiger partial charge < -0.3 is 5.32 Å². The molecule has 30 heavy (non-hydrogen) atoms. The summed E-state index contributed by atoms with van der Waals surface area (Å²) in [5.41, 5.74) is -2.17. The van der Waals surface area contributed by atoms with Gasteiger partial charge in [0, 0.05) is 27.9 Å². The molecule has 1 N–H and O–H groups in total. The minimum absolute atomic E-state index is 0.206. The molecule has 1 amide bonds. The molecule has 1 aromatic rings. The van der Waals surface area contributed by atoms with E-state index in [9.17, 15) is 22.2 Å². The van der Waals surface area contributed by atoms with Crippen LogP contribution in [0.3, 0.4) is 0 Å². The van der Waals surface area contributed by atoms with E-state index >= 15 is 0 Å². The molecule has 168 valence electrons. The highest BCUT2D eigenvalue weighted by molar-refractivity contribution is 7.85. The highest BCUT2D eigenvalue weighted by Crippen LogP contribution is 2.63. The average Bonchev–Trinajstić information content (AvgIpc) is 3.05. The van der Waals surface area contributed by atoms with Crippen molar-refractivity contribution in [2.75, 3.05) is 11.5 Å². The van der Waals surface area contributed by atoms with Crippen LogP contribution in [0.4, 0.5) is 13.2 Å². The number of nitrogens with one attached hydrogen (secondary N) is 1. The normalized spacial score (nSPS) is 36.0. The van der Waals surface area contributed by atoms with Gasteiger partial charge >= 0.3 is 0 Å². The first-order chi connectivity index (χ1) is 14.3. The van der Waals surface area contributed by atoms with Gasteiger partial charge in [-0.25, -0.2) is 13.2 Å². The van der Waals surface area contributed by atoms with Gasteiger partial charge in [0.25, 0.3) is 0 Å². The zero-order valence-corrected chi connectivity index (χ0v) is 18.9. The summed E-state index contributed by atoms with van der Waals surface area (Å²) in [6, 6.07) is 1.31. The van der Waals surface area contributed by atoms with Crippen LogP contribution >= 0.6 is 11.6 Å². The maximum atomic E-state index is 14.4. The summed E-state index contributed by atoms with van der Waals surface area (Å²) in [6.45, 7) is 4.00. The van der Waals surface area contributed by atoms with Crippen molar-refractivity contribution >= 4 is 28.8 Å². The van der Waals surface area contributed by atoms with Crippen LogP contribution in [0.5, 0.6) is 0 Å². The molecule has 0 spiro atoms. The quantitative estimate of drug-likeness (QED) is 0.474. The number of rotatable bonds is 4. The Balaban J connectivity index is 0.000000235. The molecule has 4 fully saturated rings. The van der Waals surface area contributed by atoms with E-state index in [1.165, 1.54) is 6.42 Å². The lowest BCUT2D eigenvalue weighted by molar-refractivity contribution is -0.111. The fourth-order valence-corrected chi connectivity index (χ4v) is 7.35. The number of amides is 1. The Kier molecular flexibility index (Phi) is 7.22. The zero-order valence-electron chi connectivity index (χ0n) is 17.4. The number of benzene rings is 1. The van der Waals surface area contributed by atoms with Crippen molar-refractivity contribution in [2.24, 2.45) is 17.3 Å². The summed E-state index contributed by atoms with van der Waals surface area (Å²) in [5.74, 6) is 2.17. The van der Waals surface area contributed by atoms with Crippen molar-refractivity contribution in [2.45, 2.75) is 64.1 Å². The van der Waals surface area contributed by atoms with Crippen molar-refractivity contribution < 1.29 is 22.2 Å². The highest BCUT2D eigenvalue weighted by Gasteiger charge is 2.59. The molecule has 4 aliphatic rings. The van der Waals surface area contributed by atoms with Crippen LogP contribution in [0.2, 0.25) is 5.02 Å². The molecule has 3 aliphatic carbocycles. The first kappa shape index (κ1) is 23.6. The summed E-state index contributed by atoms with van der Waals surface area (Å²) in [6.07, 6.45) is 3.75. The van der Waals surface area contributed by atoms with Gasteiger partial charge in [0.2, 0.25) is 6.41 Å². The standard InChI is InChI=1S/C15H15ClF3NO.C5H8OS.C2H6/c16-9-1-2-10(17)11(12(9)18)13(20-8-21)14-3-5-15(19,7-14)6-4-14;6-7-2-4-1-5(4)3-7;1-2/h1-2,8,13H,3-7H2,(H,20,21);4-5H,1-3H2;1-2H3/t;4-,5?,7?;/m.0./s1. The molecule has 3 saturated carbocycles. The fourth-order valence-electron chi connectivity index (χ4n) is 5.28. The maximum Gasteiger partial charge on any atom is 0.207 e. The highest BCUT2D eigenvalue weighted by atomic mass is 35.5. The van der Waals surface area contributed by atoms with Crippen LogP contribution < -0.4 is 5.32 Å². The van der Waals surface area contributed by atoms with Gasteiger partial charge in [-0.2, -0.15) is 0 Å². The van der Waals surface area contributed by atoms with E-state index in [0.29, 0.717) is 32.1 Å². The van der Waals surface area contributed by atoms with Crippen molar-refractivity contribution in [3.05, 3.63) is 34.4 Å². The molecule has 1 aromatic carbocycles. The lowest BCUT2D eigenvalue weighted by atomic mass is 9.74. The molecule has 0 aromatic heterocycles. The van der Waals surface area contributed by atoms with E-state index in [-0.39, 0.29) is 17.0 Å². The van der Waals surface area contributed by atoms with E-state index in [1.54, 1.807) is 0 Å². The Hall–Kier alpha value is -1.08. The van der Waals surface area contributed by atoms with Crippen molar-refractivity contribution in [3.63, 3.8) is 0 Å². The summed E-state index contributed by atoms with van der Waals surface area (Å²) in [4.78, 5) is 10.9. The molecule has 1 saturated heterocycles. The predicted molar refractivity (Wildman–Crippen MR) is 113 cm³/mol. The van der Waals surface area contributed by atoms with Gasteiger partial charge in [-0.15, -0.1) is 0 Å². The molecule has 1 heterocycles. The zero-order chi connectivity index (χ0) is 22.1. The SMILES string of the molecule is CC.O=CNC(c1c(F)ccc(Cl)c1F)C12CCC(F)(CC1)C2.O=S1CC2C[C@H]2C1. The van der Waals surface area contributed by atoms with Crippen LogP contribution in [0.15, 0.2) is 12.1 Å². The van der Waals surface area contributed by atoms with E-state index in [0.717, 1.165) is 35.5 Å². The third kappa shape index (κ3) is 4.57. The summed E-state index contributed by atoms with van der Waals surface area (Å²) < 4.78 is 53.4. The molecule has 0 radical (unpaired) electrons. The molecular weight excluding hydrogens is 435 g/mol. The second-order valence-electron chi connectivity index (χ2n) is 8.69. The van der Waals surface area contributed by atoms with Gasteiger partial charge in [0.15, 0.2) is 0 Å². The fraction of sp³-hybridized carbons (Fsp3) is 0.682. The van der Waals surface area contributed by atoms with E-state index in [4.69, 9.17) is 11.6 Å². The number of carbonyl (C=O) groups excluding carboxylic acids is 1. The van der Waals surface area contributed by atoms with Crippen LogP contribution in [-0.4, -0.2) is 27.8 Å². The first-order valence-corrected chi connectivity index (χ1v) is 12.5. The molecule has 3 nitrogen and oxygen atoms in total. The van der Waals surface area contributed by atoms with Crippen molar-refractivity contribution in [1.82, 2.24) is 5.32 Å².